The Hall–Kier alpha value is -2.96. The molecule has 27 heavy (non-hydrogen) atoms. The van der Waals surface area contributed by atoms with E-state index in [9.17, 15) is 4.79 Å². The fraction of sp³-hybridized carbons (Fsp3) is 0.400. The van der Waals surface area contributed by atoms with E-state index < -0.39 is 0 Å². The number of rotatable bonds is 2. The van der Waals surface area contributed by atoms with Gasteiger partial charge in [0.1, 0.15) is 23.1 Å². The van der Waals surface area contributed by atoms with Gasteiger partial charge >= 0.3 is 0 Å². The number of fused-ring (bicyclic) bond motifs is 2. The maximum atomic E-state index is 12.4. The Morgan fingerprint density at radius 3 is 2.63 bits per heavy atom. The third-order valence-corrected chi connectivity index (χ3v) is 5.48. The lowest BCUT2D eigenvalue weighted by Gasteiger charge is -2.36. The molecule has 1 fully saturated rings. The van der Waals surface area contributed by atoms with E-state index >= 15 is 0 Å². The SMILES string of the molecule is Cc1nc2c(c(N3CCN(c4cc(=O)n5ccccc5n4)CC3)n1)CCC2. The van der Waals surface area contributed by atoms with Gasteiger partial charge in [-0.3, -0.25) is 9.20 Å². The number of aromatic nitrogens is 4. The van der Waals surface area contributed by atoms with Crippen LogP contribution in [0.3, 0.4) is 0 Å². The Morgan fingerprint density at radius 2 is 1.78 bits per heavy atom. The first-order chi connectivity index (χ1) is 13.2. The summed E-state index contributed by atoms with van der Waals surface area (Å²) in [7, 11) is 0. The Labute approximate surface area is 157 Å². The highest BCUT2D eigenvalue weighted by atomic mass is 16.1. The van der Waals surface area contributed by atoms with E-state index in [0.29, 0.717) is 5.65 Å². The van der Waals surface area contributed by atoms with Crippen LogP contribution in [0.2, 0.25) is 0 Å². The molecule has 0 bridgehead atoms. The minimum Gasteiger partial charge on any atom is -0.353 e. The van der Waals surface area contributed by atoms with Gasteiger partial charge in [0.05, 0.1) is 0 Å². The van der Waals surface area contributed by atoms with Crippen LogP contribution < -0.4 is 15.4 Å². The second-order valence-electron chi connectivity index (χ2n) is 7.23. The number of nitrogens with zero attached hydrogens (tertiary/aromatic N) is 6. The molecule has 1 saturated heterocycles. The summed E-state index contributed by atoms with van der Waals surface area (Å²) >= 11 is 0. The van der Waals surface area contributed by atoms with Crippen molar-refractivity contribution in [3.63, 3.8) is 0 Å². The van der Waals surface area contributed by atoms with Crippen molar-refractivity contribution >= 4 is 17.3 Å². The summed E-state index contributed by atoms with van der Waals surface area (Å²) in [6.45, 7) is 5.38. The van der Waals surface area contributed by atoms with Crippen LogP contribution in [-0.2, 0) is 12.8 Å². The quantitative estimate of drug-likeness (QED) is 0.690. The van der Waals surface area contributed by atoms with Gasteiger partial charge < -0.3 is 9.80 Å². The van der Waals surface area contributed by atoms with Crippen molar-refractivity contribution in [3.8, 4) is 0 Å². The fourth-order valence-corrected chi connectivity index (χ4v) is 4.15. The van der Waals surface area contributed by atoms with Gasteiger partial charge in [0.15, 0.2) is 0 Å². The molecule has 0 aromatic carbocycles. The normalized spacial score (nSPS) is 16.8. The molecule has 3 aromatic rings. The van der Waals surface area contributed by atoms with Gasteiger partial charge in [0, 0.05) is 49.7 Å². The molecular weight excluding hydrogens is 340 g/mol. The van der Waals surface area contributed by atoms with E-state index in [1.807, 2.05) is 25.1 Å². The topological polar surface area (TPSA) is 66.6 Å². The largest absolute Gasteiger partial charge is 0.353 e. The smallest absolute Gasteiger partial charge is 0.259 e. The monoisotopic (exact) mass is 362 g/mol. The highest BCUT2D eigenvalue weighted by Crippen LogP contribution is 2.29. The molecule has 0 saturated carbocycles. The van der Waals surface area contributed by atoms with Crippen LogP contribution in [0.4, 0.5) is 11.6 Å². The number of aryl methyl sites for hydroxylation is 2. The number of piperazine rings is 1. The van der Waals surface area contributed by atoms with Crippen molar-refractivity contribution in [2.24, 2.45) is 0 Å². The van der Waals surface area contributed by atoms with Crippen molar-refractivity contribution in [1.82, 2.24) is 19.4 Å². The minimum absolute atomic E-state index is 0.0396. The van der Waals surface area contributed by atoms with Gasteiger partial charge in [-0.25, -0.2) is 15.0 Å². The zero-order valence-electron chi connectivity index (χ0n) is 15.4. The molecule has 4 heterocycles. The van der Waals surface area contributed by atoms with E-state index in [1.54, 1.807) is 16.7 Å². The van der Waals surface area contributed by atoms with Gasteiger partial charge in [-0.2, -0.15) is 0 Å². The summed E-state index contributed by atoms with van der Waals surface area (Å²) in [4.78, 5) is 31.0. The molecule has 1 aliphatic heterocycles. The Balaban J connectivity index is 1.39. The molecule has 7 nitrogen and oxygen atoms in total. The molecule has 0 unspecified atom stereocenters. The Morgan fingerprint density at radius 1 is 0.963 bits per heavy atom. The van der Waals surface area contributed by atoms with E-state index in [4.69, 9.17) is 4.98 Å². The fourth-order valence-electron chi connectivity index (χ4n) is 4.15. The molecule has 0 spiro atoms. The average Bonchev–Trinajstić information content (AvgIpc) is 3.16. The van der Waals surface area contributed by atoms with Crippen LogP contribution in [-0.4, -0.2) is 45.5 Å². The van der Waals surface area contributed by atoms with Gasteiger partial charge in [0.2, 0.25) is 0 Å². The van der Waals surface area contributed by atoms with Crippen LogP contribution in [0.15, 0.2) is 35.3 Å². The van der Waals surface area contributed by atoms with E-state index in [0.717, 1.165) is 56.5 Å². The van der Waals surface area contributed by atoms with Crippen molar-refractivity contribution in [3.05, 3.63) is 57.9 Å². The summed E-state index contributed by atoms with van der Waals surface area (Å²) in [5.41, 5.74) is 3.20. The molecule has 0 atom stereocenters. The van der Waals surface area contributed by atoms with Gasteiger partial charge in [-0.05, 0) is 38.3 Å². The molecule has 0 N–H and O–H groups in total. The van der Waals surface area contributed by atoms with E-state index in [1.165, 1.54) is 17.7 Å². The average molecular weight is 362 g/mol. The van der Waals surface area contributed by atoms with Crippen molar-refractivity contribution in [2.75, 3.05) is 36.0 Å². The van der Waals surface area contributed by atoms with Crippen LogP contribution in [0.25, 0.3) is 5.65 Å². The molecule has 7 heteroatoms. The lowest BCUT2D eigenvalue weighted by Crippen LogP contribution is -2.47. The zero-order chi connectivity index (χ0) is 18.4. The van der Waals surface area contributed by atoms with Crippen LogP contribution in [0.5, 0.6) is 0 Å². The maximum absolute atomic E-state index is 12.4. The Bertz CT molecular complexity index is 1070. The van der Waals surface area contributed by atoms with Gasteiger partial charge in [-0.15, -0.1) is 0 Å². The molecule has 0 amide bonds. The molecule has 138 valence electrons. The minimum atomic E-state index is -0.0396. The highest BCUT2D eigenvalue weighted by molar-refractivity contribution is 5.54. The molecule has 1 aliphatic carbocycles. The number of anilines is 2. The third kappa shape index (κ3) is 2.83. The standard InChI is InChI=1S/C20H22N6O/c1-14-21-16-6-4-5-15(16)20(22-14)25-11-9-24(10-12-25)18-13-19(27)26-8-3-2-7-17(26)23-18/h2-3,7-8,13H,4-6,9-12H2,1H3. The second kappa shape index (κ2) is 6.33. The van der Waals surface area contributed by atoms with Crippen LogP contribution >= 0.6 is 0 Å². The molecule has 3 aromatic heterocycles. The number of pyridine rings is 1. The molecule has 0 radical (unpaired) electrons. The summed E-state index contributed by atoms with van der Waals surface area (Å²) < 4.78 is 1.58. The predicted molar refractivity (Wildman–Crippen MR) is 105 cm³/mol. The van der Waals surface area contributed by atoms with Gasteiger partial charge in [-0.1, -0.05) is 6.07 Å². The van der Waals surface area contributed by atoms with Crippen LogP contribution in [0.1, 0.15) is 23.5 Å². The van der Waals surface area contributed by atoms with Gasteiger partial charge in [0.25, 0.3) is 5.56 Å². The van der Waals surface area contributed by atoms with Crippen LogP contribution in [0, 0.1) is 6.92 Å². The predicted octanol–water partition coefficient (Wildman–Crippen LogP) is 1.61. The summed E-state index contributed by atoms with van der Waals surface area (Å²) in [6.07, 6.45) is 5.07. The first-order valence-corrected chi connectivity index (χ1v) is 9.54. The maximum Gasteiger partial charge on any atom is 0.259 e. The zero-order valence-corrected chi connectivity index (χ0v) is 15.4. The summed E-state index contributed by atoms with van der Waals surface area (Å²) in [6, 6.07) is 7.25. The van der Waals surface area contributed by atoms with Crippen molar-refractivity contribution in [2.45, 2.75) is 26.2 Å². The Kier molecular flexibility index (Phi) is 3.81. The van der Waals surface area contributed by atoms with E-state index in [-0.39, 0.29) is 5.56 Å². The molecule has 5 rings (SSSR count). The summed E-state index contributed by atoms with van der Waals surface area (Å²) in [5, 5.41) is 0. The first-order valence-electron chi connectivity index (χ1n) is 9.54. The third-order valence-electron chi connectivity index (χ3n) is 5.48. The van der Waals surface area contributed by atoms with Crippen molar-refractivity contribution < 1.29 is 0 Å². The lowest BCUT2D eigenvalue weighted by molar-refractivity contribution is 0.637. The number of hydrogen-bond acceptors (Lipinski definition) is 6. The van der Waals surface area contributed by atoms with E-state index in [2.05, 4.69) is 19.8 Å². The number of hydrogen-bond donors (Lipinski definition) is 0. The first kappa shape index (κ1) is 16.2. The van der Waals surface area contributed by atoms with Crippen molar-refractivity contribution in [1.29, 1.82) is 0 Å². The molecular formula is C20H22N6O. The molecule has 2 aliphatic rings. The summed E-state index contributed by atoms with van der Waals surface area (Å²) in [5.74, 6) is 2.73. The lowest BCUT2D eigenvalue weighted by atomic mass is 10.2. The highest BCUT2D eigenvalue weighted by Gasteiger charge is 2.25. The second-order valence-corrected chi connectivity index (χ2v) is 7.23.